The Morgan fingerprint density at radius 3 is 2.38 bits per heavy atom. The number of hydrogen-bond acceptors (Lipinski definition) is 4. The van der Waals surface area contributed by atoms with Gasteiger partial charge in [0.2, 0.25) is 0 Å². The maximum absolute atomic E-state index is 11.6. The van der Waals surface area contributed by atoms with Gasteiger partial charge in [0, 0.05) is 17.2 Å². The first-order valence-corrected chi connectivity index (χ1v) is 8.45. The molecule has 0 amide bonds. The molecular formula is C10H16BrNO2S2. The van der Waals surface area contributed by atoms with Crippen LogP contribution in [0.25, 0.3) is 0 Å². The van der Waals surface area contributed by atoms with Crippen LogP contribution in [0.3, 0.4) is 0 Å². The highest BCUT2D eigenvalue weighted by molar-refractivity contribution is 9.11. The van der Waals surface area contributed by atoms with Gasteiger partial charge < -0.3 is 5.32 Å². The highest BCUT2D eigenvalue weighted by Crippen LogP contribution is 2.33. The summed E-state index contributed by atoms with van der Waals surface area (Å²) in [5.74, 6) is 0. The minimum Gasteiger partial charge on any atom is -0.312 e. The molecule has 0 spiro atoms. The molecule has 1 N–H and O–H groups in total. The lowest BCUT2D eigenvalue weighted by molar-refractivity contribution is 0.534. The van der Waals surface area contributed by atoms with Gasteiger partial charge >= 0.3 is 0 Å². The maximum Gasteiger partial charge on any atom is 0.151 e. The molecule has 92 valence electrons. The van der Waals surface area contributed by atoms with Crippen LogP contribution in [0.1, 0.15) is 23.4 Å². The monoisotopic (exact) mass is 325 g/mol. The summed E-state index contributed by atoms with van der Waals surface area (Å²) in [6.07, 6.45) is 1.28. The standard InChI is InChI=1S/C10H16BrNO2S2/c1-6-8(5-9(11)15-6)10(12-3)7(2)16(4,13)14/h5,7,10,12H,1-4H3. The summed E-state index contributed by atoms with van der Waals surface area (Å²) >= 11 is 5.04. The second-order valence-corrected chi connectivity index (χ2v) is 8.90. The number of halogens is 1. The SMILES string of the molecule is CNC(c1cc(Br)sc1C)C(C)S(C)(=O)=O. The summed E-state index contributed by atoms with van der Waals surface area (Å²) in [5.41, 5.74) is 1.05. The van der Waals surface area contributed by atoms with Crippen LogP contribution in [0.5, 0.6) is 0 Å². The number of aryl methyl sites for hydroxylation is 1. The van der Waals surface area contributed by atoms with E-state index in [1.54, 1.807) is 25.3 Å². The van der Waals surface area contributed by atoms with Crippen LogP contribution >= 0.6 is 27.3 Å². The summed E-state index contributed by atoms with van der Waals surface area (Å²) < 4.78 is 24.2. The van der Waals surface area contributed by atoms with Crippen molar-refractivity contribution in [3.8, 4) is 0 Å². The second kappa shape index (κ2) is 5.16. The van der Waals surface area contributed by atoms with Crippen molar-refractivity contribution in [2.75, 3.05) is 13.3 Å². The Bertz CT molecular complexity index is 467. The van der Waals surface area contributed by atoms with E-state index in [4.69, 9.17) is 0 Å². The third-order valence-corrected chi connectivity index (χ3v) is 5.91. The van der Waals surface area contributed by atoms with Crippen LogP contribution in [-0.4, -0.2) is 27.0 Å². The summed E-state index contributed by atoms with van der Waals surface area (Å²) in [6, 6.07) is 1.83. The topological polar surface area (TPSA) is 46.2 Å². The van der Waals surface area contributed by atoms with Gasteiger partial charge in [-0.15, -0.1) is 11.3 Å². The fourth-order valence-corrected chi connectivity index (χ4v) is 4.19. The molecule has 1 aromatic rings. The Morgan fingerprint density at radius 2 is 2.06 bits per heavy atom. The molecule has 2 atom stereocenters. The number of nitrogens with one attached hydrogen (secondary N) is 1. The molecule has 0 aliphatic carbocycles. The van der Waals surface area contributed by atoms with Crippen molar-refractivity contribution >= 4 is 37.1 Å². The van der Waals surface area contributed by atoms with E-state index in [9.17, 15) is 8.42 Å². The van der Waals surface area contributed by atoms with Gasteiger partial charge in [0.25, 0.3) is 0 Å². The quantitative estimate of drug-likeness (QED) is 0.925. The smallest absolute Gasteiger partial charge is 0.151 e. The Kier molecular flexibility index (Phi) is 4.57. The minimum absolute atomic E-state index is 0.155. The van der Waals surface area contributed by atoms with E-state index in [-0.39, 0.29) is 6.04 Å². The third-order valence-electron chi connectivity index (χ3n) is 2.72. The molecule has 0 saturated carbocycles. The number of thiophene rings is 1. The molecule has 0 aliphatic rings. The molecule has 0 fully saturated rings. The number of hydrogen-bond donors (Lipinski definition) is 1. The first-order chi connectivity index (χ1) is 7.27. The van der Waals surface area contributed by atoms with Crippen molar-refractivity contribution in [1.82, 2.24) is 5.32 Å². The molecule has 1 heterocycles. The van der Waals surface area contributed by atoms with Gasteiger partial charge in [-0.05, 0) is 48.5 Å². The summed E-state index contributed by atoms with van der Waals surface area (Å²) in [4.78, 5) is 1.14. The molecule has 0 saturated heterocycles. The van der Waals surface area contributed by atoms with E-state index in [0.29, 0.717) is 0 Å². The van der Waals surface area contributed by atoms with Crippen molar-refractivity contribution in [3.05, 3.63) is 20.3 Å². The van der Waals surface area contributed by atoms with E-state index >= 15 is 0 Å². The second-order valence-electron chi connectivity index (χ2n) is 3.86. The molecule has 3 nitrogen and oxygen atoms in total. The van der Waals surface area contributed by atoms with E-state index in [1.807, 2.05) is 13.0 Å². The molecule has 0 aliphatic heterocycles. The lowest BCUT2D eigenvalue weighted by Crippen LogP contribution is -2.33. The lowest BCUT2D eigenvalue weighted by atomic mass is 10.1. The zero-order chi connectivity index (χ0) is 12.5. The van der Waals surface area contributed by atoms with Gasteiger partial charge in [-0.2, -0.15) is 0 Å². The highest BCUT2D eigenvalue weighted by atomic mass is 79.9. The molecule has 0 aromatic carbocycles. The van der Waals surface area contributed by atoms with Gasteiger partial charge in [0.1, 0.15) is 0 Å². The van der Waals surface area contributed by atoms with Crippen molar-refractivity contribution in [3.63, 3.8) is 0 Å². The van der Waals surface area contributed by atoms with E-state index in [2.05, 4.69) is 21.2 Å². The molecule has 1 rings (SSSR count). The van der Waals surface area contributed by atoms with Crippen molar-refractivity contribution in [1.29, 1.82) is 0 Å². The van der Waals surface area contributed by atoms with Crippen LogP contribution in [-0.2, 0) is 9.84 Å². The summed E-state index contributed by atoms with van der Waals surface area (Å²) in [7, 11) is -1.25. The molecule has 0 bridgehead atoms. The Balaban J connectivity index is 3.13. The average molecular weight is 326 g/mol. The summed E-state index contributed by atoms with van der Waals surface area (Å²) in [5, 5.41) is 2.65. The third kappa shape index (κ3) is 3.06. The zero-order valence-corrected chi connectivity index (χ0v) is 13.0. The van der Waals surface area contributed by atoms with E-state index in [0.717, 1.165) is 14.2 Å². The molecule has 6 heteroatoms. The predicted molar refractivity (Wildman–Crippen MR) is 72.9 cm³/mol. The van der Waals surface area contributed by atoms with Crippen LogP contribution in [0.2, 0.25) is 0 Å². The molecule has 1 aromatic heterocycles. The largest absolute Gasteiger partial charge is 0.312 e. The van der Waals surface area contributed by atoms with Crippen molar-refractivity contribution < 1.29 is 8.42 Å². The molecular weight excluding hydrogens is 310 g/mol. The molecule has 16 heavy (non-hydrogen) atoms. The van der Waals surface area contributed by atoms with Crippen LogP contribution < -0.4 is 5.32 Å². The fraction of sp³-hybridized carbons (Fsp3) is 0.600. The highest BCUT2D eigenvalue weighted by Gasteiger charge is 2.28. The van der Waals surface area contributed by atoms with Crippen LogP contribution in [0, 0.1) is 6.92 Å². The lowest BCUT2D eigenvalue weighted by Gasteiger charge is -2.22. The van der Waals surface area contributed by atoms with Gasteiger partial charge in [0.15, 0.2) is 9.84 Å². The first-order valence-electron chi connectivity index (χ1n) is 4.89. The Morgan fingerprint density at radius 1 is 1.50 bits per heavy atom. The average Bonchev–Trinajstić information content (AvgIpc) is 2.45. The maximum atomic E-state index is 11.6. The minimum atomic E-state index is -3.04. The van der Waals surface area contributed by atoms with Crippen LogP contribution in [0.4, 0.5) is 0 Å². The van der Waals surface area contributed by atoms with Gasteiger partial charge in [-0.25, -0.2) is 8.42 Å². The van der Waals surface area contributed by atoms with Gasteiger partial charge in [-0.1, -0.05) is 0 Å². The Hall–Kier alpha value is 0.0900. The number of rotatable bonds is 4. The molecule has 0 radical (unpaired) electrons. The zero-order valence-electron chi connectivity index (χ0n) is 9.74. The fourth-order valence-electron chi connectivity index (χ4n) is 1.66. The van der Waals surface area contributed by atoms with E-state index < -0.39 is 15.1 Å². The van der Waals surface area contributed by atoms with Gasteiger partial charge in [0.05, 0.1) is 9.04 Å². The first kappa shape index (κ1) is 14.2. The molecule has 2 unspecified atom stereocenters. The normalized spacial score (nSPS) is 16.1. The van der Waals surface area contributed by atoms with Gasteiger partial charge in [-0.3, -0.25) is 0 Å². The van der Waals surface area contributed by atoms with Crippen molar-refractivity contribution in [2.24, 2.45) is 0 Å². The summed E-state index contributed by atoms with van der Waals surface area (Å²) in [6.45, 7) is 3.74. The number of sulfone groups is 1. The van der Waals surface area contributed by atoms with Crippen LogP contribution in [0.15, 0.2) is 9.85 Å². The Labute approximate surface area is 109 Å². The van der Waals surface area contributed by atoms with E-state index in [1.165, 1.54) is 6.26 Å². The van der Waals surface area contributed by atoms with Crippen molar-refractivity contribution in [2.45, 2.75) is 25.1 Å². The predicted octanol–water partition coefficient (Wildman–Crippen LogP) is 2.51.